The van der Waals surface area contributed by atoms with Gasteiger partial charge in [0.15, 0.2) is 0 Å². The van der Waals surface area contributed by atoms with E-state index in [2.05, 4.69) is 13.8 Å². The number of aliphatic hydroxyl groups excluding tert-OH is 1. The minimum Gasteiger partial charge on any atom is -0.391 e. The van der Waals surface area contributed by atoms with E-state index in [0.717, 1.165) is 11.7 Å². The van der Waals surface area contributed by atoms with Gasteiger partial charge in [-0.25, -0.2) is 4.39 Å². The lowest BCUT2D eigenvalue weighted by Crippen LogP contribution is -2.50. The van der Waals surface area contributed by atoms with Gasteiger partial charge in [-0.15, -0.1) is 0 Å². The molecular weight excluding hydrogens is 337 g/mol. The van der Waals surface area contributed by atoms with Crippen LogP contribution in [-0.4, -0.2) is 50.8 Å². The summed E-state index contributed by atoms with van der Waals surface area (Å²) in [5.41, 5.74) is -1.34. The van der Waals surface area contributed by atoms with Gasteiger partial charge in [0.2, 0.25) is 5.91 Å². The van der Waals surface area contributed by atoms with E-state index in [1.807, 2.05) is 6.92 Å². The third kappa shape index (κ3) is 4.35. The fraction of sp³-hybridized carbons (Fsp3) is 0.950. The van der Waals surface area contributed by atoms with Crippen molar-refractivity contribution in [1.82, 2.24) is 4.90 Å². The number of aliphatic hydroxyl groups is 1. The Morgan fingerprint density at radius 1 is 1.32 bits per heavy atom. The molecule has 3 nitrogen and oxygen atoms in total. The van der Waals surface area contributed by atoms with Crippen LogP contribution in [0.25, 0.3) is 0 Å². The number of likely N-dealkylation sites (tertiary alicyclic amines) is 1. The zero-order chi connectivity index (χ0) is 18.2. The average molecular weight is 372 g/mol. The van der Waals surface area contributed by atoms with Crippen LogP contribution in [-0.2, 0) is 4.79 Å². The van der Waals surface area contributed by atoms with Crippen molar-refractivity contribution in [3.8, 4) is 0 Å². The molecule has 1 saturated heterocycles. The Bertz CT molecular complexity index is 488. The minimum absolute atomic E-state index is 0.00601. The molecule has 0 aromatic heterocycles. The topological polar surface area (TPSA) is 40.5 Å². The number of hydrogen-bond donors (Lipinski definition) is 1. The molecule has 144 valence electrons. The number of carbonyl (C=O) groups excluding carboxylic acids is 1. The summed E-state index contributed by atoms with van der Waals surface area (Å²) < 4.78 is 14.8. The quantitative estimate of drug-likeness (QED) is 0.761. The molecule has 0 spiro atoms. The lowest BCUT2D eigenvalue weighted by molar-refractivity contribution is -0.140. The van der Waals surface area contributed by atoms with E-state index in [1.54, 1.807) is 16.7 Å². The zero-order valence-electron chi connectivity index (χ0n) is 16.0. The van der Waals surface area contributed by atoms with E-state index in [1.165, 1.54) is 32.1 Å². The van der Waals surface area contributed by atoms with Gasteiger partial charge in [0, 0.05) is 17.3 Å². The smallest absolute Gasteiger partial charge is 0.230 e. The average Bonchev–Trinajstić information content (AvgIpc) is 3.19. The monoisotopic (exact) mass is 371 g/mol. The van der Waals surface area contributed by atoms with Crippen molar-refractivity contribution in [1.29, 1.82) is 0 Å². The van der Waals surface area contributed by atoms with Crippen molar-refractivity contribution in [2.45, 2.75) is 94.7 Å². The molecule has 3 fully saturated rings. The first-order valence-corrected chi connectivity index (χ1v) is 11.0. The Morgan fingerprint density at radius 2 is 1.96 bits per heavy atom. The van der Waals surface area contributed by atoms with E-state index in [0.29, 0.717) is 25.8 Å². The van der Waals surface area contributed by atoms with Crippen molar-refractivity contribution in [2.75, 3.05) is 12.3 Å². The molecule has 3 rings (SSSR count). The van der Waals surface area contributed by atoms with Crippen LogP contribution in [0.3, 0.4) is 0 Å². The fourth-order valence-corrected chi connectivity index (χ4v) is 6.27. The van der Waals surface area contributed by atoms with E-state index in [9.17, 15) is 9.90 Å². The van der Waals surface area contributed by atoms with Gasteiger partial charge < -0.3 is 10.0 Å². The second-order valence-electron chi connectivity index (χ2n) is 9.12. The Labute approximate surface area is 156 Å². The molecule has 1 amide bonds. The van der Waals surface area contributed by atoms with Crippen molar-refractivity contribution in [3.05, 3.63) is 0 Å². The summed E-state index contributed by atoms with van der Waals surface area (Å²) in [5.74, 6) is 1.08. The van der Waals surface area contributed by atoms with E-state index in [-0.39, 0.29) is 11.9 Å². The highest BCUT2D eigenvalue weighted by atomic mass is 32.2. The van der Waals surface area contributed by atoms with Crippen molar-refractivity contribution < 1.29 is 14.3 Å². The Balaban J connectivity index is 1.69. The van der Waals surface area contributed by atoms with Gasteiger partial charge in [-0.1, -0.05) is 19.3 Å². The first kappa shape index (κ1) is 19.5. The molecule has 0 aromatic rings. The van der Waals surface area contributed by atoms with Gasteiger partial charge in [0.25, 0.3) is 0 Å². The zero-order valence-corrected chi connectivity index (χ0v) is 16.8. The Morgan fingerprint density at radius 3 is 2.48 bits per heavy atom. The number of alkyl halides is 1. The number of thioether (sulfide) groups is 1. The third-order valence-electron chi connectivity index (χ3n) is 6.44. The minimum atomic E-state index is -1.34. The van der Waals surface area contributed by atoms with Crippen molar-refractivity contribution in [3.63, 3.8) is 0 Å². The molecule has 0 bridgehead atoms. The van der Waals surface area contributed by atoms with E-state index < -0.39 is 22.4 Å². The van der Waals surface area contributed by atoms with Crippen molar-refractivity contribution in [2.24, 2.45) is 11.8 Å². The molecule has 1 heterocycles. The summed E-state index contributed by atoms with van der Waals surface area (Å²) in [6, 6.07) is 0.00601. The molecule has 2 aliphatic carbocycles. The molecule has 3 atom stereocenters. The largest absolute Gasteiger partial charge is 0.391 e. The highest BCUT2D eigenvalue weighted by Gasteiger charge is 2.60. The van der Waals surface area contributed by atoms with Gasteiger partial charge in [0.1, 0.15) is 5.67 Å². The first-order valence-electron chi connectivity index (χ1n) is 10.0. The maximum atomic E-state index is 15.2. The number of nitrogens with zero attached hydrogens (tertiary/aromatic N) is 1. The number of hydrogen-bond acceptors (Lipinski definition) is 3. The van der Waals surface area contributed by atoms with Crippen LogP contribution in [0.2, 0.25) is 0 Å². The SMILES string of the molecule is CC1CC(O)CN1C(=O)C(C1(F)CC1)C(C)(C)SCC1CCCCC1. The molecule has 0 radical (unpaired) electrons. The highest BCUT2D eigenvalue weighted by Crippen LogP contribution is 2.55. The summed E-state index contributed by atoms with van der Waals surface area (Å²) in [4.78, 5) is 15.0. The van der Waals surface area contributed by atoms with Crippen LogP contribution in [0, 0.1) is 11.8 Å². The molecule has 1 N–H and O–H groups in total. The van der Waals surface area contributed by atoms with E-state index in [4.69, 9.17) is 0 Å². The van der Waals surface area contributed by atoms with Crippen LogP contribution >= 0.6 is 11.8 Å². The van der Waals surface area contributed by atoms with Crippen molar-refractivity contribution >= 4 is 17.7 Å². The fourth-order valence-electron chi connectivity index (χ4n) is 4.80. The lowest BCUT2D eigenvalue weighted by Gasteiger charge is -2.39. The molecule has 2 saturated carbocycles. The first-order chi connectivity index (χ1) is 11.7. The standard InChI is InChI=1S/C20H34FNO2S/c1-14-11-16(23)12-22(14)18(24)17(20(21)9-10-20)19(2,3)25-13-15-7-5-4-6-8-15/h14-17,23H,4-13H2,1-3H3. The molecule has 25 heavy (non-hydrogen) atoms. The van der Waals surface area contributed by atoms with Crippen LogP contribution in [0.4, 0.5) is 4.39 Å². The van der Waals surface area contributed by atoms with Crippen LogP contribution in [0.15, 0.2) is 0 Å². The molecule has 1 aliphatic heterocycles. The summed E-state index contributed by atoms with van der Waals surface area (Å²) in [7, 11) is 0. The number of halogens is 1. The van der Waals surface area contributed by atoms with Gasteiger partial charge in [-0.2, -0.15) is 11.8 Å². The number of rotatable bonds is 6. The number of amides is 1. The second kappa shape index (κ2) is 7.38. The lowest BCUT2D eigenvalue weighted by atomic mass is 9.86. The predicted molar refractivity (Wildman–Crippen MR) is 101 cm³/mol. The maximum absolute atomic E-state index is 15.2. The summed E-state index contributed by atoms with van der Waals surface area (Å²) >= 11 is 1.80. The Hall–Kier alpha value is -0.290. The Kier molecular flexibility index (Phi) is 5.75. The van der Waals surface area contributed by atoms with Crippen LogP contribution < -0.4 is 0 Å². The van der Waals surface area contributed by atoms with Crippen LogP contribution in [0.5, 0.6) is 0 Å². The van der Waals surface area contributed by atoms with Gasteiger partial charge in [-0.05, 0) is 64.5 Å². The van der Waals surface area contributed by atoms with Gasteiger partial charge in [-0.3, -0.25) is 4.79 Å². The molecule has 3 unspecified atom stereocenters. The normalized spacial score (nSPS) is 31.2. The number of carbonyl (C=O) groups is 1. The van der Waals surface area contributed by atoms with Gasteiger partial charge >= 0.3 is 0 Å². The summed E-state index contributed by atoms with van der Waals surface area (Å²) in [5, 5.41) is 9.90. The maximum Gasteiger partial charge on any atom is 0.230 e. The predicted octanol–water partition coefficient (Wildman–Crippen LogP) is 4.18. The highest BCUT2D eigenvalue weighted by molar-refractivity contribution is 8.00. The number of β-amino-alcohol motifs (C(OH)–C–C–N with tert-alkyl or cyclic N) is 1. The summed E-state index contributed by atoms with van der Waals surface area (Å²) in [6.45, 7) is 6.43. The van der Waals surface area contributed by atoms with Gasteiger partial charge in [0.05, 0.1) is 12.0 Å². The summed E-state index contributed by atoms with van der Waals surface area (Å²) in [6.07, 6.45) is 7.65. The molecule has 3 aliphatic rings. The third-order valence-corrected chi connectivity index (χ3v) is 8.06. The molecule has 0 aromatic carbocycles. The van der Waals surface area contributed by atoms with Crippen LogP contribution in [0.1, 0.15) is 72.1 Å². The second-order valence-corrected chi connectivity index (χ2v) is 10.8. The molecule has 5 heteroatoms. The van der Waals surface area contributed by atoms with E-state index >= 15 is 4.39 Å². The molecular formula is C20H34FNO2S.